The number of ketones is 1. The van der Waals surface area contributed by atoms with Crippen LogP contribution in [0.1, 0.15) is 12.8 Å². The fraction of sp³-hybridized carbons (Fsp3) is 0.353. The Labute approximate surface area is 147 Å². The average Bonchev–Trinajstić information content (AvgIpc) is 2.62. The van der Waals surface area contributed by atoms with Gasteiger partial charge in [0.15, 0.2) is 23.2 Å². The van der Waals surface area contributed by atoms with Gasteiger partial charge in [-0.2, -0.15) is 0 Å². The predicted molar refractivity (Wildman–Crippen MR) is 87.1 cm³/mol. The summed E-state index contributed by atoms with van der Waals surface area (Å²) in [7, 11) is 0. The quantitative estimate of drug-likeness (QED) is 0.827. The number of rotatable bonds is 4. The molecule has 0 atom stereocenters. The highest BCUT2D eigenvalue weighted by Gasteiger charge is 2.22. The first-order valence-electron chi connectivity index (χ1n) is 8.01. The number of carbonyl (C=O) groups excluding carboxylic acids is 2. The number of carbonyl (C=O) groups is 2. The maximum atomic E-state index is 13.6. The van der Waals surface area contributed by atoms with E-state index in [9.17, 15) is 22.8 Å². The molecule has 3 rings (SSSR count). The van der Waals surface area contributed by atoms with Crippen LogP contribution >= 0.6 is 0 Å². The van der Waals surface area contributed by atoms with Gasteiger partial charge in [0.25, 0.3) is 0 Å². The summed E-state index contributed by atoms with van der Waals surface area (Å²) in [5.41, 5.74) is -0.153. The molecule has 138 valence electrons. The maximum absolute atomic E-state index is 13.6. The van der Waals surface area contributed by atoms with Crippen molar-refractivity contribution in [1.29, 1.82) is 0 Å². The molecule has 1 aromatic rings. The van der Waals surface area contributed by atoms with Gasteiger partial charge in [0.1, 0.15) is 5.82 Å². The minimum Gasteiger partial charge on any atom is -0.378 e. The zero-order valence-electron chi connectivity index (χ0n) is 13.7. The van der Waals surface area contributed by atoms with E-state index < -0.39 is 29.0 Å². The third kappa shape index (κ3) is 4.10. The minimum absolute atomic E-state index is 0.0263. The molecule has 1 fully saturated rings. The lowest BCUT2D eigenvalue weighted by Crippen LogP contribution is -2.36. The van der Waals surface area contributed by atoms with Crippen LogP contribution in [0.2, 0.25) is 0 Å². The standard InChI is InChI=1S/C17H16F3N3O3/c18-12-1-2-13(17(20)16(12)19)22-15(25)8-10-7-11(24)9-14(21-10)23-3-5-26-6-4-23/h1-2,9H,3-8H2,(H,22,25). The Hall–Kier alpha value is -2.68. The fourth-order valence-electron chi connectivity index (χ4n) is 2.69. The molecule has 9 heteroatoms. The van der Waals surface area contributed by atoms with Gasteiger partial charge >= 0.3 is 0 Å². The summed E-state index contributed by atoms with van der Waals surface area (Å²) in [5.74, 6) is -4.89. The van der Waals surface area contributed by atoms with Crippen LogP contribution in [0.25, 0.3) is 0 Å². The molecule has 2 aliphatic rings. The average molecular weight is 367 g/mol. The highest BCUT2D eigenvalue weighted by Crippen LogP contribution is 2.21. The zero-order chi connectivity index (χ0) is 18.7. The number of hydrogen-bond acceptors (Lipinski definition) is 5. The van der Waals surface area contributed by atoms with Crippen molar-refractivity contribution in [2.24, 2.45) is 4.99 Å². The summed E-state index contributed by atoms with van der Waals surface area (Å²) in [4.78, 5) is 30.2. The number of halogens is 3. The lowest BCUT2D eigenvalue weighted by molar-refractivity contribution is -0.115. The Morgan fingerprint density at radius 3 is 2.65 bits per heavy atom. The number of nitrogens with one attached hydrogen (secondary N) is 1. The van der Waals surface area contributed by atoms with Crippen LogP contribution in [-0.4, -0.2) is 48.6 Å². The summed E-state index contributed by atoms with van der Waals surface area (Å²) in [6, 6.07) is 1.65. The van der Waals surface area contributed by atoms with Gasteiger partial charge in [0, 0.05) is 31.3 Å². The third-order valence-corrected chi connectivity index (χ3v) is 3.95. The van der Waals surface area contributed by atoms with E-state index >= 15 is 0 Å². The van der Waals surface area contributed by atoms with Crippen molar-refractivity contribution in [3.8, 4) is 0 Å². The molecule has 0 unspecified atom stereocenters. The van der Waals surface area contributed by atoms with Crippen LogP contribution in [0.4, 0.5) is 18.9 Å². The number of ether oxygens (including phenoxy) is 1. The maximum Gasteiger partial charge on any atom is 0.230 e. The predicted octanol–water partition coefficient (Wildman–Crippen LogP) is 2.02. The van der Waals surface area contributed by atoms with E-state index in [1.54, 1.807) is 0 Å². The summed E-state index contributed by atoms with van der Waals surface area (Å²) in [6.45, 7) is 2.21. The molecule has 0 aromatic heterocycles. The molecular formula is C17H16F3N3O3. The second-order valence-corrected chi connectivity index (χ2v) is 5.87. The van der Waals surface area contributed by atoms with Crippen LogP contribution in [0.3, 0.4) is 0 Å². The van der Waals surface area contributed by atoms with Crippen molar-refractivity contribution in [1.82, 2.24) is 4.90 Å². The van der Waals surface area contributed by atoms with Gasteiger partial charge in [-0.1, -0.05) is 0 Å². The van der Waals surface area contributed by atoms with E-state index in [-0.39, 0.29) is 18.6 Å². The van der Waals surface area contributed by atoms with E-state index in [1.807, 2.05) is 4.90 Å². The molecule has 1 amide bonds. The van der Waals surface area contributed by atoms with E-state index in [1.165, 1.54) is 6.08 Å². The number of nitrogens with zero attached hydrogens (tertiary/aromatic N) is 2. The lowest BCUT2D eigenvalue weighted by atomic mass is 10.1. The van der Waals surface area contributed by atoms with Crippen LogP contribution in [-0.2, 0) is 14.3 Å². The Bertz CT molecular complexity index is 802. The van der Waals surface area contributed by atoms with E-state index in [4.69, 9.17) is 4.74 Å². The molecular weight excluding hydrogens is 351 g/mol. The van der Waals surface area contributed by atoms with Gasteiger partial charge in [0.05, 0.1) is 25.3 Å². The minimum atomic E-state index is -1.66. The van der Waals surface area contributed by atoms with Crippen molar-refractivity contribution in [3.05, 3.63) is 41.5 Å². The number of anilines is 1. The monoisotopic (exact) mass is 367 g/mol. The van der Waals surface area contributed by atoms with Gasteiger partial charge < -0.3 is 15.0 Å². The molecule has 1 aromatic carbocycles. The van der Waals surface area contributed by atoms with Crippen LogP contribution in [0, 0.1) is 17.5 Å². The molecule has 2 heterocycles. The molecule has 26 heavy (non-hydrogen) atoms. The van der Waals surface area contributed by atoms with E-state index in [0.717, 1.165) is 12.1 Å². The third-order valence-electron chi connectivity index (χ3n) is 3.95. The number of hydrogen-bond donors (Lipinski definition) is 1. The van der Waals surface area contributed by atoms with Gasteiger partial charge in [-0.3, -0.25) is 9.59 Å². The number of benzene rings is 1. The first-order valence-corrected chi connectivity index (χ1v) is 8.01. The summed E-state index contributed by atoms with van der Waals surface area (Å²) in [6.07, 6.45) is 1.13. The second kappa shape index (κ2) is 7.69. The molecule has 0 radical (unpaired) electrons. The SMILES string of the molecule is O=C1C=C(N2CCOCC2)N=C(CC(=O)Nc2ccc(F)c(F)c2F)C1. The van der Waals surface area contributed by atoms with Crippen LogP contribution in [0.5, 0.6) is 0 Å². The first kappa shape index (κ1) is 18.1. The van der Waals surface area contributed by atoms with Gasteiger partial charge in [0.2, 0.25) is 5.91 Å². The summed E-state index contributed by atoms with van der Waals surface area (Å²) >= 11 is 0. The highest BCUT2D eigenvalue weighted by atomic mass is 19.2. The molecule has 0 bridgehead atoms. The smallest absolute Gasteiger partial charge is 0.230 e. The van der Waals surface area contributed by atoms with Crippen molar-refractivity contribution in [2.45, 2.75) is 12.8 Å². The molecule has 0 spiro atoms. The Kier molecular flexibility index (Phi) is 5.36. The van der Waals surface area contributed by atoms with Crippen molar-refractivity contribution in [3.63, 3.8) is 0 Å². The normalized spacial score (nSPS) is 17.7. The molecule has 0 saturated carbocycles. The summed E-state index contributed by atoms with van der Waals surface area (Å²) < 4.78 is 45.0. The number of morpholine rings is 1. The number of aliphatic imine (C=N–C) groups is 1. The largest absolute Gasteiger partial charge is 0.378 e. The van der Waals surface area contributed by atoms with E-state index in [0.29, 0.717) is 37.8 Å². The van der Waals surface area contributed by atoms with Crippen molar-refractivity contribution >= 4 is 23.1 Å². The Balaban J connectivity index is 1.68. The van der Waals surface area contributed by atoms with Gasteiger partial charge in [-0.15, -0.1) is 0 Å². The van der Waals surface area contributed by atoms with Crippen LogP contribution in [0.15, 0.2) is 29.0 Å². The van der Waals surface area contributed by atoms with E-state index in [2.05, 4.69) is 10.3 Å². The molecule has 1 saturated heterocycles. The first-order chi connectivity index (χ1) is 12.4. The fourth-order valence-corrected chi connectivity index (χ4v) is 2.69. The van der Waals surface area contributed by atoms with Crippen molar-refractivity contribution in [2.75, 3.05) is 31.6 Å². The van der Waals surface area contributed by atoms with Crippen molar-refractivity contribution < 1.29 is 27.5 Å². The van der Waals surface area contributed by atoms with Crippen LogP contribution < -0.4 is 5.32 Å². The van der Waals surface area contributed by atoms with Gasteiger partial charge in [-0.25, -0.2) is 18.2 Å². The zero-order valence-corrected chi connectivity index (χ0v) is 13.7. The molecule has 0 aliphatic carbocycles. The highest BCUT2D eigenvalue weighted by molar-refractivity contribution is 6.16. The number of amides is 1. The number of allylic oxidation sites excluding steroid dienone is 1. The Morgan fingerprint density at radius 1 is 1.19 bits per heavy atom. The molecule has 2 aliphatic heterocycles. The van der Waals surface area contributed by atoms with Gasteiger partial charge in [-0.05, 0) is 12.1 Å². The molecule has 1 N–H and O–H groups in total. The molecule has 6 nitrogen and oxygen atoms in total. The lowest BCUT2D eigenvalue weighted by Gasteiger charge is -2.30. The topological polar surface area (TPSA) is 71.0 Å². The summed E-state index contributed by atoms with van der Waals surface area (Å²) in [5, 5.41) is 2.17. The second-order valence-electron chi connectivity index (χ2n) is 5.87. The Morgan fingerprint density at radius 2 is 1.92 bits per heavy atom.